The molecule has 0 aliphatic heterocycles. The average molecular weight is 297 g/mol. The predicted molar refractivity (Wildman–Crippen MR) is 81.9 cm³/mol. The topological polar surface area (TPSA) is 56.5 Å². The lowest BCUT2D eigenvalue weighted by atomic mass is 10.1. The molecule has 2 aromatic heterocycles. The normalized spacial score (nSPS) is 14.5. The van der Waals surface area contributed by atoms with Crippen molar-refractivity contribution < 1.29 is 4.39 Å². The molecule has 0 saturated heterocycles. The highest BCUT2D eigenvalue weighted by Gasteiger charge is 2.15. The minimum Gasteiger partial charge on any atom is -0.220 e. The maximum Gasteiger partial charge on any atom is 0.252 e. The van der Waals surface area contributed by atoms with Gasteiger partial charge in [0.1, 0.15) is 11.7 Å². The van der Waals surface area contributed by atoms with E-state index >= 15 is 0 Å². The second-order valence-corrected chi connectivity index (χ2v) is 4.91. The van der Waals surface area contributed by atoms with Gasteiger partial charge in [-0.15, -0.1) is 5.10 Å². The molecule has 6 heteroatoms. The molecular weight excluding hydrogens is 281 g/mol. The summed E-state index contributed by atoms with van der Waals surface area (Å²) in [5, 5.41) is 4.52. The Labute approximate surface area is 127 Å². The van der Waals surface area contributed by atoms with Crippen LogP contribution in [0.4, 0.5) is 4.39 Å². The van der Waals surface area contributed by atoms with Crippen LogP contribution >= 0.6 is 0 Å². The molecule has 0 atom stereocenters. The molecule has 0 spiro atoms. The van der Waals surface area contributed by atoms with E-state index in [9.17, 15) is 4.39 Å². The highest BCUT2D eigenvalue weighted by atomic mass is 19.1. The van der Waals surface area contributed by atoms with Crippen LogP contribution in [0.1, 0.15) is 31.4 Å². The Hall–Kier alpha value is -2.63. The van der Waals surface area contributed by atoms with E-state index < -0.39 is 0 Å². The van der Waals surface area contributed by atoms with Crippen molar-refractivity contribution in [3.05, 3.63) is 60.2 Å². The second kappa shape index (κ2) is 6.43. The lowest BCUT2D eigenvalue weighted by Crippen LogP contribution is -2.06. The molecule has 2 aromatic rings. The number of aryl methyl sites for hydroxylation is 1. The quantitative estimate of drug-likeness (QED) is 0.869. The van der Waals surface area contributed by atoms with Gasteiger partial charge in [-0.05, 0) is 31.1 Å². The molecule has 5 nitrogen and oxygen atoms in total. The zero-order valence-electron chi connectivity index (χ0n) is 12.3. The molecular formula is C16H16FN5. The van der Waals surface area contributed by atoms with Gasteiger partial charge in [0.25, 0.3) is 5.95 Å². The summed E-state index contributed by atoms with van der Waals surface area (Å²) in [4.78, 5) is 13.0. The van der Waals surface area contributed by atoms with Gasteiger partial charge in [0.05, 0.1) is 0 Å². The molecule has 0 bridgehead atoms. The second-order valence-electron chi connectivity index (χ2n) is 4.91. The largest absolute Gasteiger partial charge is 0.252 e. The van der Waals surface area contributed by atoms with Crippen molar-refractivity contribution in [2.24, 2.45) is 0 Å². The van der Waals surface area contributed by atoms with Crippen molar-refractivity contribution in [1.29, 1.82) is 0 Å². The van der Waals surface area contributed by atoms with E-state index in [2.05, 4.69) is 27.0 Å². The van der Waals surface area contributed by atoms with E-state index in [-0.39, 0.29) is 5.83 Å². The predicted octanol–water partition coefficient (Wildman–Crippen LogP) is 3.21. The molecule has 0 unspecified atom stereocenters. The molecule has 112 valence electrons. The zero-order chi connectivity index (χ0) is 15.4. The van der Waals surface area contributed by atoms with Gasteiger partial charge in [0.2, 0.25) is 0 Å². The SMILES string of the molecule is CCCc1nc(C2=CC=C(F)C=CC2)nn1-c1ncccn1. The van der Waals surface area contributed by atoms with Crippen molar-refractivity contribution in [1.82, 2.24) is 24.7 Å². The van der Waals surface area contributed by atoms with Gasteiger partial charge in [-0.1, -0.05) is 19.1 Å². The van der Waals surface area contributed by atoms with E-state index in [1.54, 1.807) is 35.3 Å². The molecule has 0 amide bonds. The Bertz CT molecular complexity index is 743. The van der Waals surface area contributed by atoms with Crippen LogP contribution in [-0.4, -0.2) is 24.7 Å². The Kier molecular flexibility index (Phi) is 4.18. The van der Waals surface area contributed by atoms with Crippen molar-refractivity contribution in [3.8, 4) is 5.95 Å². The van der Waals surface area contributed by atoms with E-state index in [0.29, 0.717) is 18.2 Å². The Morgan fingerprint density at radius 3 is 2.82 bits per heavy atom. The van der Waals surface area contributed by atoms with Crippen LogP contribution in [0.2, 0.25) is 0 Å². The monoisotopic (exact) mass is 297 g/mol. The smallest absolute Gasteiger partial charge is 0.220 e. The van der Waals surface area contributed by atoms with Crippen LogP contribution in [0, 0.1) is 0 Å². The molecule has 1 aliphatic carbocycles. The Balaban J connectivity index is 2.02. The van der Waals surface area contributed by atoms with Gasteiger partial charge >= 0.3 is 0 Å². The van der Waals surface area contributed by atoms with E-state index in [4.69, 9.17) is 0 Å². The average Bonchev–Trinajstić information content (AvgIpc) is 2.83. The highest BCUT2D eigenvalue weighted by Crippen LogP contribution is 2.21. The van der Waals surface area contributed by atoms with Crippen molar-refractivity contribution in [2.45, 2.75) is 26.2 Å². The number of hydrogen-bond donors (Lipinski definition) is 0. The standard InChI is InChI=1S/C16H16FN5/c1-2-5-14-20-15(12-6-3-7-13(17)9-8-12)21-22(14)16-18-10-4-11-19-16/h3-4,7-11H,2,5-6H2,1H3. The number of rotatable bonds is 4. The van der Waals surface area contributed by atoms with Crippen LogP contribution in [-0.2, 0) is 6.42 Å². The third kappa shape index (κ3) is 3.00. The number of hydrogen-bond acceptors (Lipinski definition) is 4. The van der Waals surface area contributed by atoms with Crippen LogP contribution in [0.25, 0.3) is 11.5 Å². The van der Waals surface area contributed by atoms with E-state index in [1.165, 1.54) is 12.2 Å². The van der Waals surface area contributed by atoms with Crippen molar-refractivity contribution in [2.75, 3.05) is 0 Å². The summed E-state index contributed by atoms with van der Waals surface area (Å²) in [5.74, 6) is 1.62. The molecule has 0 radical (unpaired) electrons. The summed E-state index contributed by atoms with van der Waals surface area (Å²) in [7, 11) is 0. The van der Waals surface area contributed by atoms with Crippen molar-refractivity contribution in [3.63, 3.8) is 0 Å². The summed E-state index contributed by atoms with van der Waals surface area (Å²) in [6, 6.07) is 1.76. The third-order valence-corrected chi connectivity index (χ3v) is 3.24. The minimum absolute atomic E-state index is 0.269. The molecule has 0 N–H and O–H groups in total. The van der Waals surface area contributed by atoms with E-state index in [1.807, 2.05) is 0 Å². The van der Waals surface area contributed by atoms with Crippen LogP contribution in [0.3, 0.4) is 0 Å². The molecule has 3 rings (SSSR count). The minimum atomic E-state index is -0.269. The summed E-state index contributed by atoms with van der Waals surface area (Å²) < 4.78 is 14.9. The number of allylic oxidation sites excluding steroid dienone is 6. The van der Waals surface area contributed by atoms with Gasteiger partial charge in [-0.3, -0.25) is 0 Å². The fourth-order valence-electron chi connectivity index (χ4n) is 2.19. The van der Waals surface area contributed by atoms with Crippen LogP contribution in [0.15, 0.2) is 48.6 Å². The maximum atomic E-state index is 13.3. The fraction of sp³-hybridized carbons (Fsp3) is 0.250. The van der Waals surface area contributed by atoms with Gasteiger partial charge in [0, 0.05) is 24.4 Å². The number of nitrogens with zero attached hydrogens (tertiary/aromatic N) is 5. The van der Waals surface area contributed by atoms with Gasteiger partial charge in [0.15, 0.2) is 5.82 Å². The summed E-state index contributed by atoms with van der Waals surface area (Å²) in [6.45, 7) is 2.08. The molecule has 0 aromatic carbocycles. The van der Waals surface area contributed by atoms with Gasteiger partial charge < -0.3 is 0 Å². The number of halogens is 1. The first-order valence-corrected chi connectivity index (χ1v) is 7.24. The van der Waals surface area contributed by atoms with Gasteiger partial charge in [-0.25, -0.2) is 19.3 Å². The van der Waals surface area contributed by atoms with E-state index in [0.717, 1.165) is 24.2 Å². The third-order valence-electron chi connectivity index (χ3n) is 3.24. The van der Waals surface area contributed by atoms with Crippen LogP contribution < -0.4 is 0 Å². The summed E-state index contributed by atoms with van der Waals surface area (Å²) >= 11 is 0. The first-order chi connectivity index (χ1) is 10.8. The lowest BCUT2D eigenvalue weighted by Gasteiger charge is -2.01. The lowest BCUT2D eigenvalue weighted by molar-refractivity contribution is 0.667. The van der Waals surface area contributed by atoms with Crippen LogP contribution in [0.5, 0.6) is 0 Å². The molecule has 0 fully saturated rings. The van der Waals surface area contributed by atoms with Crippen molar-refractivity contribution >= 4 is 5.57 Å². The van der Waals surface area contributed by atoms with Gasteiger partial charge in [-0.2, -0.15) is 4.68 Å². The molecule has 22 heavy (non-hydrogen) atoms. The summed E-state index contributed by atoms with van der Waals surface area (Å²) in [5.41, 5.74) is 0.871. The first kappa shape index (κ1) is 14.3. The Morgan fingerprint density at radius 2 is 2.05 bits per heavy atom. The number of aromatic nitrogens is 5. The molecule has 2 heterocycles. The zero-order valence-corrected chi connectivity index (χ0v) is 12.3. The fourth-order valence-corrected chi connectivity index (χ4v) is 2.19. The molecule has 1 aliphatic rings. The maximum absolute atomic E-state index is 13.3. The Morgan fingerprint density at radius 1 is 1.23 bits per heavy atom. The summed E-state index contributed by atoms with van der Waals surface area (Å²) in [6.07, 6.45) is 12.0. The molecule has 0 saturated carbocycles. The highest BCUT2D eigenvalue weighted by molar-refractivity contribution is 5.64. The first-order valence-electron chi connectivity index (χ1n) is 7.24.